The quantitative estimate of drug-likeness (QED) is 0.696. The molecule has 2 aliphatic rings. The summed E-state index contributed by atoms with van der Waals surface area (Å²) in [6.07, 6.45) is 0. The lowest BCUT2D eigenvalue weighted by atomic mass is 10.0. The van der Waals surface area contributed by atoms with Gasteiger partial charge in [0.05, 0.1) is 0 Å². The zero-order chi connectivity index (χ0) is 16.0. The molecule has 7 heteroatoms. The minimum Gasteiger partial charge on any atom is -0.480 e. The van der Waals surface area contributed by atoms with Gasteiger partial charge in [0.1, 0.15) is 12.6 Å². The molecule has 1 saturated carbocycles. The maximum absolute atomic E-state index is 12.2. The standard InChI is InChI=1S/C14H23N3O4/c1-13(2)9(14(13,3)4)6-16-12(21)17-7-10(18)15-5-8(17)11(19)20/h8-9H,5-7H2,1-4H3,(H,15,18)(H,16,21)(H,19,20). The number of carbonyl (C=O) groups excluding carboxylic acids is 2. The molecule has 2 rings (SSSR count). The van der Waals surface area contributed by atoms with Crippen molar-refractivity contribution in [3.8, 4) is 0 Å². The van der Waals surface area contributed by atoms with E-state index in [9.17, 15) is 14.4 Å². The van der Waals surface area contributed by atoms with Gasteiger partial charge in [-0.3, -0.25) is 9.69 Å². The molecular weight excluding hydrogens is 274 g/mol. The molecule has 1 aliphatic heterocycles. The number of hydrogen-bond acceptors (Lipinski definition) is 3. The summed E-state index contributed by atoms with van der Waals surface area (Å²) in [6, 6.07) is -1.50. The molecule has 0 aromatic carbocycles. The molecule has 1 atom stereocenters. The SMILES string of the molecule is CC1(C)C(CNC(=O)N2CC(=O)NCC2C(=O)O)C1(C)C. The van der Waals surface area contributed by atoms with Crippen LogP contribution in [0.15, 0.2) is 0 Å². The summed E-state index contributed by atoms with van der Waals surface area (Å²) in [5.41, 5.74) is 0.289. The number of nitrogens with one attached hydrogen (secondary N) is 2. The fourth-order valence-corrected chi connectivity index (χ4v) is 3.21. The molecule has 1 unspecified atom stereocenters. The van der Waals surface area contributed by atoms with Gasteiger partial charge in [-0.1, -0.05) is 27.7 Å². The molecule has 0 aromatic rings. The molecule has 3 N–H and O–H groups in total. The fourth-order valence-electron chi connectivity index (χ4n) is 3.21. The Kier molecular flexibility index (Phi) is 3.63. The second-order valence-electron chi connectivity index (χ2n) is 6.97. The average molecular weight is 297 g/mol. The molecule has 0 bridgehead atoms. The van der Waals surface area contributed by atoms with Gasteiger partial charge in [-0.15, -0.1) is 0 Å². The van der Waals surface area contributed by atoms with Crippen LogP contribution in [0.2, 0.25) is 0 Å². The molecule has 118 valence electrons. The van der Waals surface area contributed by atoms with Crippen molar-refractivity contribution in [2.45, 2.75) is 33.7 Å². The number of nitrogens with zero attached hydrogens (tertiary/aromatic N) is 1. The van der Waals surface area contributed by atoms with Gasteiger partial charge < -0.3 is 15.7 Å². The van der Waals surface area contributed by atoms with Crippen LogP contribution in [-0.2, 0) is 9.59 Å². The molecule has 3 amide bonds. The molecule has 1 aliphatic carbocycles. The van der Waals surface area contributed by atoms with Crippen molar-refractivity contribution in [1.82, 2.24) is 15.5 Å². The molecule has 21 heavy (non-hydrogen) atoms. The number of carboxylic acid groups (broad SMARTS) is 1. The summed E-state index contributed by atoms with van der Waals surface area (Å²) < 4.78 is 0. The van der Waals surface area contributed by atoms with Gasteiger partial charge in [0.25, 0.3) is 0 Å². The zero-order valence-electron chi connectivity index (χ0n) is 12.9. The van der Waals surface area contributed by atoms with E-state index in [1.54, 1.807) is 0 Å². The van der Waals surface area contributed by atoms with Crippen LogP contribution >= 0.6 is 0 Å². The molecule has 0 spiro atoms. The monoisotopic (exact) mass is 297 g/mol. The first-order valence-corrected chi connectivity index (χ1v) is 7.13. The largest absolute Gasteiger partial charge is 0.480 e. The first-order chi connectivity index (χ1) is 9.59. The Labute approximate surface area is 124 Å². The maximum Gasteiger partial charge on any atom is 0.328 e. The third-order valence-electron chi connectivity index (χ3n) is 5.51. The molecule has 7 nitrogen and oxygen atoms in total. The van der Waals surface area contributed by atoms with Crippen molar-refractivity contribution in [3.05, 3.63) is 0 Å². The Morgan fingerprint density at radius 2 is 1.90 bits per heavy atom. The number of urea groups is 1. The minimum atomic E-state index is -1.11. The van der Waals surface area contributed by atoms with Gasteiger partial charge in [-0.2, -0.15) is 0 Å². The van der Waals surface area contributed by atoms with E-state index in [0.29, 0.717) is 12.5 Å². The summed E-state index contributed by atoms with van der Waals surface area (Å²) in [5, 5.41) is 14.4. The van der Waals surface area contributed by atoms with Crippen molar-refractivity contribution in [2.75, 3.05) is 19.6 Å². The number of hydrogen-bond donors (Lipinski definition) is 3. The number of rotatable bonds is 3. The summed E-state index contributed by atoms with van der Waals surface area (Å²) in [4.78, 5) is 35.8. The van der Waals surface area contributed by atoms with Crippen LogP contribution in [0, 0.1) is 16.7 Å². The van der Waals surface area contributed by atoms with Gasteiger partial charge in [-0.25, -0.2) is 9.59 Å². The lowest BCUT2D eigenvalue weighted by Crippen LogP contribution is -2.61. The third-order valence-corrected chi connectivity index (χ3v) is 5.51. The van der Waals surface area contributed by atoms with Crippen LogP contribution in [0.3, 0.4) is 0 Å². The number of carboxylic acids is 1. The normalized spacial score (nSPS) is 27.0. The van der Waals surface area contributed by atoms with Crippen molar-refractivity contribution < 1.29 is 19.5 Å². The molecule has 0 radical (unpaired) electrons. The predicted molar refractivity (Wildman–Crippen MR) is 75.6 cm³/mol. The lowest BCUT2D eigenvalue weighted by molar-refractivity contribution is -0.144. The average Bonchev–Trinajstić information content (AvgIpc) is 2.76. The smallest absolute Gasteiger partial charge is 0.328 e. The van der Waals surface area contributed by atoms with E-state index in [4.69, 9.17) is 5.11 Å². The maximum atomic E-state index is 12.2. The number of amides is 3. The highest BCUT2D eigenvalue weighted by atomic mass is 16.4. The van der Waals surface area contributed by atoms with Crippen molar-refractivity contribution in [1.29, 1.82) is 0 Å². The molecule has 1 saturated heterocycles. The van der Waals surface area contributed by atoms with Crippen LogP contribution in [0.25, 0.3) is 0 Å². The van der Waals surface area contributed by atoms with Crippen molar-refractivity contribution in [3.63, 3.8) is 0 Å². The third kappa shape index (κ3) is 2.56. The van der Waals surface area contributed by atoms with Gasteiger partial charge in [0.15, 0.2) is 0 Å². The summed E-state index contributed by atoms with van der Waals surface area (Å²) >= 11 is 0. The van der Waals surface area contributed by atoms with Gasteiger partial charge in [-0.05, 0) is 16.7 Å². The zero-order valence-corrected chi connectivity index (χ0v) is 12.9. The molecule has 2 fully saturated rings. The van der Waals surface area contributed by atoms with Crippen molar-refractivity contribution >= 4 is 17.9 Å². The van der Waals surface area contributed by atoms with Crippen LogP contribution in [0.1, 0.15) is 27.7 Å². The topological polar surface area (TPSA) is 98.7 Å². The first kappa shape index (κ1) is 15.6. The highest BCUT2D eigenvalue weighted by Gasteiger charge is 2.64. The Morgan fingerprint density at radius 1 is 1.33 bits per heavy atom. The number of piperazine rings is 1. The molecular formula is C14H23N3O4. The van der Waals surface area contributed by atoms with Gasteiger partial charge in [0, 0.05) is 13.1 Å². The Bertz CT molecular complexity index is 473. The predicted octanol–water partition coefficient (Wildman–Crippen LogP) is 0.263. The van der Waals surface area contributed by atoms with E-state index in [-0.39, 0.29) is 29.8 Å². The number of aliphatic carboxylic acids is 1. The van der Waals surface area contributed by atoms with Crippen LogP contribution in [-0.4, -0.2) is 53.6 Å². The van der Waals surface area contributed by atoms with E-state index in [0.717, 1.165) is 4.90 Å². The molecule has 1 heterocycles. The number of carbonyl (C=O) groups is 3. The summed E-state index contributed by atoms with van der Waals surface area (Å²) in [7, 11) is 0. The van der Waals surface area contributed by atoms with Crippen LogP contribution < -0.4 is 10.6 Å². The fraction of sp³-hybridized carbons (Fsp3) is 0.786. The van der Waals surface area contributed by atoms with Crippen LogP contribution in [0.4, 0.5) is 4.79 Å². The van der Waals surface area contributed by atoms with E-state index in [1.807, 2.05) is 0 Å². The summed E-state index contributed by atoms with van der Waals surface area (Å²) in [6.45, 7) is 8.82. The highest BCUT2D eigenvalue weighted by molar-refractivity contribution is 5.90. The van der Waals surface area contributed by atoms with Crippen molar-refractivity contribution in [2.24, 2.45) is 16.7 Å². The van der Waals surface area contributed by atoms with Gasteiger partial charge >= 0.3 is 12.0 Å². The minimum absolute atomic E-state index is 0.0536. The van der Waals surface area contributed by atoms with E-state index in [1.165, 1.54) is 0 Å². The van der Waals surface area contributed by atoms with E-state index >= 15 is 0 Å². The highest BCUT2D eigenvalue weighted by Crippen LogP contribution is 2.67. The Hall–Kier alpha value is -1.79. The first-order valence-electron chi connectivity index (χ1n) is 7.13. The van der Waals surface area contributed by atoms with Crippen LogP contribution in [0.5, 0.6) is 0 Å². The van der Waals surface area contributed by atoms with Gasteiger partial charge in [0.2, 0.25) is 5.91 Å². The van der Waals surface area contributed by atoms with E-state index < -0.39 is 18.0 Å². The second kappa shape index (κ2) is 4.89. The molecule has 0 aromatic heterocycles. The Morgan fingerprint density at radius 3 is 2.38 bits per heavy atom. The lowest BCUT2D eigenvalue weighted by Gasteiger charge is -2.32. The second-order valence-corrected chi connectivity index (χ2v) is 6.97. The van der Waals surface area contributed by atoms with E-state index in [2.05, 4.69) is 38.3 Å². The summed E-state index contributed by atoms with van der Waals surface area (Å²) in [5.74, 6) is -1.11. The Balaban J connectivity index is 1.96.